The van der Waals surface area contributed by atoms with Crippen LogP contribution in [0.25, 0.3) is 10.2 Å². The molecule has 1 amide bonds. The number of aryl methyl sites for hydroxylation is 1. The van der Waals surface area contributed by atoms with Gasteiger partial charge in [-0.15, -0.1) is 0 Å². The zero-order valence-corrected chi connectivity index (χ0v) is 18.7. The van der Waals surface area contributed by atoms with Gasteiger partial charge in [-0.25, -0.2) is 0 Å². The van der Waals surface area contributed by atoms with Gasteiger partial charge in [0.15, 0.2) is 6.54 Å². The largest absolute Gasteiger partial charge is 1.00 e. The fourth-order valence-corrected chi connectivity index (χ4v) is 4.10. The van der Waals surface area contributed by atoms with Gasteiger partial charge in [0, 0.05) is 44.2 Å². The molecule has 0 saturated heterocycles. The Morgan fingerprint density at radius 3 is 2.56 bits per heavy atom. The van der Waals surface area contributed by atoms with E-state index in [1.54, 1.807) is 30.3 Å². The number of ether oxygens (including phenoxy) is 1. The summed E-state index contributed by atoms with van der Waals surface area (Å²) in [6.45, 7) is 5.52. The van der Waals surface area contributed by atoms with Crippen molar-refractivity contribution in [2.75, 3.05) is 25.2 Å². The van der Waals surface area contributed by atoms with Crippen LogP contribution in [0.2, 0.25) is 5.02 Å². The average Bonchev–Trinajstić information content (AvgIpc) is 2.92. The molecule has 0 fully saturated rings. The number of rotatable bonds is 6. The summed E-state index contributed by atoms with van der Waals surface area (Å²) in [6.07, 6.45) is 0. The molecular weight excluding hydrogens is 448 g/mol. The van der Waals surface area contributed by atoms with Crippen LogP contribution < -0.4 is 26.4 Å². The van der Waals surface area contributed by atoms with Crippen molar-refractivity contribution >= 4 is 44.7 Å². The van der Waals surface area contributed by atoms with E-state index in [4.69, 9.17) is 16.3 Å². The molecule has 0 bridgehead atoms. The van der Waals surface area contributed by atoms with Crippen molar-refractivity contribution in [1.29, 1.82) is 0 Å². The number of halogens is 2. The Hall–Kier alpha value is -1.47. The summed E-state index contributed by atoms with van der Waals surface area (Å²) in [5, 5.41) is 1.96. The molecular formula is C20H22BrClN2O2S. The summed E-state index contributed by atoms with van der Waals surface area (Å²) in [4.78, 5) is 13.8. The predicted molar refractivity (Wildman–Crippen MR) is 107 cm³/mol. The second-order valence-electron chi connectivity index (χ2n) is 6.15. The fraction of sp³-hybridized carbons (Fsp3) is 0.300. The van der Waals surface area contributed by atoms with E-state index in [9.17, 15) is 4.79 Å². The van der Waals surface area contributed by atoms with Crippen molar-refractivity contribution in [3.8, 4) is 0 Å². The molecule has 2 aromatic carbocycles. The highest BCUT2D eigenvalue weighted by Crippen LogP contribution is 2.26. The van der Waals surface area contributed by atoms with Gasteiger partial charge in [-0.05, 0) is 24.3 Å². The SMILES string of the molecule is COCCN(C(C)=O)c1ccc2sc(C)[n+](Cc3ccc(Cl)cc3)c2c1.[Br-]. The van der Waals surface area contributed by atoms with Crippen LogP contribution in [-0.2, 0) is 16.1 Å². The first-order chi connectivity index (χ1) is 12.5. The third-order valence-electron chi connectivity index (χ3n) is 4.34. The number of amides is 1. The van der Waals surface area contributed by atoms with Crippen molar-refractivity contribution in [2.24, 2.45) is 0 Å². The number of anilines is 1. The molecule has 7 heteroatoms. The number of carbonyl (C=O) groups is 1. The van der Waals surface area contributed by atoms with Crippen LogP contribution in [0.4, 0.5) is 5.69 Å². The number of methoxy groups -OCH3 is 1. The van der Waals surface area contributed by atoms with Crippen LogP contribution in [0.5, 0.6) is 0 Å². The third-order valence-corrected chi connectivity index (χ3v) is 5.67. The Morgan fingerprint density at radius 2 is 1.93 bits per heavy atom. The number of benzene rings is 2. The van der Waals surface area contributed by atoms with Crippen LogP contribution in [0.15, 0.2) is 42.5 Å². The number of hydrogen-bond acceptors (Lipinski definition) is 3. The lowest BCUT2D eigenvalue weighted by Crippen LogP contribution is -3.00. The maximum absolute atomic E-state index is 12.1. The van der Waals surface area contributed by atoms with Crippen molar-refractivity contribution in [1.82, 2.24) is 0 Å². The Bertz CT molecular complexity index is 928. The lowest BCUT2D eigenvalue weighted by molar-refractivity contribution is -0.663. The van der Waals surface area contributed by atoms with Crippen LogP contribution in [0.1, 0.15) is 17.5 Å². The summed E-state index contributed by atoms with van der Waals surface area (Å²) < 4.78 is 8.62. The minimum absolute atomic E-state index is 0. The number of carbonyl (C=O) groups excluding carboxylic acids is 1. The Morgan fingerprint density at radius 1 is 1.22 bits per heavy atom. The van der Waals surface area contributed by atoms with E-state index in [0.29, 0.717) is 13.2 Å². The standard InChI is InChI=1S/C20H22ClN2O2S.BrH/c1-14(24)22(10-11-25-3)18-8-9-20-19(12-18)23(15(2)26-20)13-16-4-6-17(21)7-5-16;/h4-9,12H,10-11,13H2,1-3H3;1H/q+1;/p-1. The fourth-order valence-electron chi connectivity index (χ4n) is 2.97. The highest BCUT2D eigenvalue weighted by Gasteiger charge is 2.20. The van der Waals surface area contributed by atoms with Gasteiger partial charge in [0.05, 0.1) is 12.3 Å². The monoisotopic (exact) mass is 468 g/mol. The average molecular weight is 470 g/mol. The van der Waals surface area contributed by atoms with E-state index in [2.05, 4.69) is 23.6 Å². The van der Waals surface area contributed by atoms with Crippen LogP contribution in [0.3, 0.4) is 0 Å². The van der Waals surface area contributed by atoms with E-state index < -0.39 is 0 Å². The first kappa shape index (κ1) is 21.8. The van der Waals surface area contributed by atoms with Gasteiger partial charge in [0.2, 0.25) is 16.4 Å². The summed E-state index contributed by atoms with van der Waals surface area (Å²) in [5.74, 6) is 0.0117. The molecule has 0 atom stereocenters. The van der Waals surface area contributed by atoms with E-state index in [1.807, 2.05) is 30.3 Å². The predicted octanol–water partition coefficient (Wildman–Crippen LogP) is 1.20. The first-order valence-electron chi connectivity index (χ1n) is 8.44. The van der Waals surface area contributed by atoms with Gasteiger partial charge in [0.1, 0.15) is 4.70 Å². The van der Waals surface area contributed by atoms with Crippen LogP contribution in [0, 0.1) is 6.92 Å². The molecule has 3 aromatic rings. The normalized spacial score (nSPS) is 10.7. The highest BCUT2D eigenvalue weighted by molar-refractivity contribution is 7.18. The van der Waals surface area contributed by atoms with Crippen molar-refractivity contribution in [3.05, 3.63) is 58.1 Å². The number of aromatic nitrogens is 1. The van der Waals surface area contributed by atoms with E-state index in [0.717, 1.165) is 22.8 Å². The molecule has 0 aliphatic carbocycles. The minimum atomic E-state index is 0. The van der Waals surface area contributed by atoms with E-state index >= 15 is 0 Å². The molecule has 0 saturated carbocycles. The molecule has 0 spiro atoms. The molecule has 1 heterocycles. The Balaban J connectivity index is 0.00000261. The smallest absolute Gasteiger partial charge is 0.235 e. The number of nitrogens with zero attached hydrogens (tertiary/aromatic N) is 2. The summed E-state index contributed by atoms with van der Waals surface area (Å²) >= 11 is 7.75. The number of thiazole rings is 1. The number of hydrogen-bond donors (Lipinski definition) is 0. The third kappa shape index (κ3) is 5.08. The maximum atomic E-state index is 12.1. The first-order valence-corrected chi connectivity index (χ1v) is 9.63. The summed E-state index contributed by atoms with van der Waals surface area (Å²) in [6, 6.07) is 14.1. The van der Waals surface area contributed by atoms with Crippen LogP contribution >= 0.6 is 22.9 Å². The molecule has 4 nitrogen and oxygen atoms in total. The van der Waals surface area contributed by atoms with Crippen molar-refractivity contribution in [2.45, 2.75) is 20.4 Å². The second-order valence-corrected chi connectivity index (χ2v) is 7.82. The molecule has 0 aliphatic rings. The van der Waals surface area contributed by atoms with Crippen molar-refractivity contribution < 1.29 is 31.1 Å². The molecule has 3 rings (SSSR count). The highest BCUT2D eigenvalue weighted by atomic mass is 79.9. The molecule has 144 valence electrons. The topological polar surface area (TPSA) is 33.4 Å². The summed E-state index contributed by atoms with van der Waals surface area (Å²) in [5.41, 5.74) is 3.21. The lowest BCUT2D eigenvalue weighted by Gasteiger charge is -2.20. The van der Waals surface area contributed by atoms with Gasteiger partial charge >= 0.3 is 0 Å². The van der Waals surface area contributed by atoms with Crippen LogP contribution in [-0.4, -0.2) is 26.2 Å². The zero-order chi connectivity index (χ0) is 18.7. The van der Waals surface area contributed by atoms with Gasteiger partial charge in [0.25, 0.3) is 0 Å². The van der Waals surface area contributed by atoms with Gasteiger partial charge in [-0.3, -0.25) is 4.79 Å². The molecule has 0 unspecified atom stereocenters. The lowest BCUT2D eigenvalue weighted by atomic mass is 10.2. The van der Waals surface area contributed by atoms with Gasteiger partial charge in [-0.2, -0.15) is 4.57 Å². The van der Waals surface area contributed by atoms with Crippen molar-refractivity contribution in [3.63, 3.8) is 0 Å². The van der Waals surface area contributed by atoms with E-state index in [1.165, 1.54) is 15.3 Å². The minimum Gasteiger partial charge on any atom is -1.00 e. The number of fused-ring (bicyclic) bond motifs is 1. The molecule has 0 radical (unpaired) electrons. The Kier molecular flexibility index (Phi) is 7.79. The second kappa shape index (κ2) is 9.64. The maximum Gasteiger partial charge on any atom is 0.235 e. The molecule has 0 aliphatic heterocycles. The van der Waals surface area contributed by atoms with E-state index in [-0.39, 0.29) is 22.9 Å². The summed E-state index contributed by atoms with van der Waals surface area (Å²) in [7, 11) is 1.64. The molecule has 27 heavy (non-hydrogen) atoms. The quantitative estimate of drug-likeness (QED) is 0.509. The zero-order valence-electron chi connectivity index (χ0n) is 15.5. The molecule has 1 aromatic heterocycles. The van der Waals surface area contributed by atoms with Gasteiger partial charge < -0.3 is 26.6 Å². The van der Waals surface area contributed by atoms with Gasteiger partial charge in [-0.1, -0.05) is 35.1 Å². The Labute approximate surface area is 179 Å². The molecule has 0 N–H and O–H groups in total.